The van der Waals surface area contributed by atoms with Crippen molar-refractivity contribution in [3.63, 3.8) is 0 Å². The third kappa shape index (κ3) is 3.91. The summed E-state index contributed by atoms with van der Waals surface area (Å²) in [6, 6.07) is 0. The lowest BCUT2D eigenvalue weighted by molar-refractivity contribution is 0.0512. The van der Waals surface area contributed by atoms with Gasteiger partial charge in [0.05, 0.1) is 13.2 Å². The van der Waals surface area contributed by atoms with Gasteiger partial charge >= 0.3 is 5.97 Å². The highest BCUT2D eigenvalue weighted by atomic mass is 32.2. The van der Waals surface area contributed by atoms with E-state index in [0.29, 0.717) is 12.5 Å². The molecule has 8 heteroatoms. The molecule has 2 heterocycles. The second-order valence-electron chi connectivity index (χ2n) is 5.07. The van der Waals surface area contributed by atoms with Crippen LogP contribution >= 0.6 is 11.8 Å². The summed E-state index contributed by atoms with van der Waals surface area (Å²) >= 11 is 1.03. The fourth-order valence-electron chi connectivity index (χ4n) is 2.50. The SMILES string of the molecule is CC#CCn1c(N2CCNCC2)nc(C(=O)SC)c1C(=O)OCC. The molecule has 1 fully saturated rings. The van der Waals surface area contributed by atoms with Gasteiger partial charge in [-0.3, -0.25) is 9.36 Å². The summed E-state index contributed by atoms with van der Waals surface area (Å²) in [6.07, 6.45) is 1.67. The fourth-order valence-corrected chi connectivity index (χ4v) is 2.84. The number of rotatable bonds is 5. The highest BCUT2D eigenvalue weighted by Gasteiger charge is 2.30. The maximum Gasteiger partial charge on any atom is 0.357 e. The van der Waals surface area contributed by atoms with Crippen LogP contribution < -0.4 is 10.2 Å². The Morgan fingerprint density at radius 1 is 1.38 bits per heavy atom. The van der Waals surface area contributed by atoms with Crippen molar-refractivity contribution in [3.8, 4) is 11.8 Å². The maximum absolute atomic E-state index is 12.4. The molecule has 1 aliphatic heterocycles. The van der Waals surface area contributed by atoms with Crippen LogP contribution in [0.15, 0.2) is 0 Å². The summed E-state index contributed by atoms with van der Waals surface area (Å²) in [6.45, 7) is 7.16. The van der Waals surface area contributed by atoms with E-state index in [9.17, 15) is 9.59 Å². The zero-order valence-electron chi connectivity index (χ0n) is 14.2. The largest absolute Gasteiger partial charge is 0.461 e. The quantitative estimate of drug-likeness (QED) is 0.627. The van der Waals surface area contributed by atoms with Gasteiger partial charge in [0.15, 0.2) is 11.4 Å². The third-order valence-electron chi connectivity index (χ3n) is 3.61. The maximum atomic E-state index is 12.4. The minimum atomic E-state index is -0.540. The first kappa shape index (κ1) is 18.4. The molecule has 1 saturated heterocycles. The standard InChI is InChI=1S/C16H22N4O3S/c1-4-6-9-20-13(14(21)23-5-2)12(15(22)24-3)18-16(20)19-10-7-17-8-11-19/h17H,5,7-11H2,1-3H3. The molecule has 0 saturated carbocycles. The van der Waals surface area contributed by atoms with Gasteiger partial charge in [-0.25, -0.2) is 9.78 Å². The number of anilines is 1. The van der Waals surface area contributed by atoms with Crippen molar-refractivity contribution in [3.05, 3.63) is 11.4 Å². The van der Waals surface area contributed by atoms with Gasteiger partial charge in [-0.05, 0) is 20.1 Å². The Morgan fingerprint density at radius 2 is 2.08 bits per heavy atom. The van der Waals surface area contributed by atoms with Gasteiger partial charge in [0.1, 0.15) is 0 Å². The summed E-state index contributed by atoms with van der Waals surface area (Å²) in [5.74, 6) is 5.84. The fraction of sp³-hybridized carbons (Fsp3) is 0.562. The van der Waals surface area contributed by atoms with E-state index in [1.807, 2.05) is 0 Å². The molecule has 0 spiro atoms. The van der Waals surface area contributed by atoms with E-state index < -0.39 is 5.97 Å². The van der Waals surface area contributed by atoms with Gasteiger partial charge in [-0.15, -0.1) is 5.92 Å². The van der Waals surface area contributed by atoms with Crippen LogP contribution in [0.3, 0.4) is 0 Å². The predicted molar refractivity (Wildman–Crippen MR) is 94.6 cm³/mol. The van der Waals surface area contributed by atoms with Crippen LogP contribution in [0.4, 0.5) is 5.95 Å². The predicted octanol–water partition coefficient (Wildman–Crippen LogP) is 0.996. The van der Waals surface area contributed by atoms with Crippen molar-refractivity contribution in [2.45, 2.75) is 20.4 Å². The lowest BCUT2D eigenvalue weighted by Gasteiger charge is -2.28. The smallest absolute Gasteiger partial charge is 0.357 e. The molecular formula is C16H22N4O3S. The number of carbonyl (C=O) groups is 2. The Labute approximate surface area is 146 Å². The first-order valence-corrected chi connectivity index (χ1v) is 9.07. The van der Waals surface area contributed by atoms with Crippen LogP contribution in [0.2, 0.25) is 0 Å². The zero-order valence-corrected chi connectivity index (χ0v) is 15.0. The highest BCUT2D eigenvalue weighted by Crippen LogP contribution is 2.24. The van der Waals surface area contributed by atoms with Crippen molar-refractivity contribution in [1.29, 1.82) is 0 Å². The normalized spacial score (nSPS) is 14.0. The average Bonchev–Trinajstić information content (AvgIpc) is 2.99. The van der Waals surface area contributed by atoms with E-state index in [-0.39, 0.29) is 23.1 Å². The van der Waals surface area contributed by atoms with Crippen molar-refractivity contribution < 1.29 is 14.3 Å². The molecule has 2 rings (SSSR count). The number of esters is 1. The molecule has 1 N–H and O–H groups in total. The second kappa shape index (κ2) is 8.76. The number of carbonyl (C=O) groups excluding carboxylic acids is 2. The van der Waals surface area contributed by atoms with Crippen molar-refractivity contribution in [2.75, 3.05) is 43.9 Å². The average molecular weight is 350 g/mol. The molecule has 7 nitrogen and oxygen atoms in total. The van der Waals surface area contributed by atoms with Crippen LogP contribution in [-0.2, 0) is 11.3 Å². The van der Waals surface area contributed by atoms with Crippen molar-refractivity contribution >= 4 is 28.8 Å². The van der Waals surface area contributed by atoms with E-state index in [2.05, 4.69) is 27.0 Å². The van der Waals surface area contributed by atoms with Gasteiger partial charge in [0, 0.05) is 26.2 Å². The molecule has 1 aromatic rings. The number of nitrogens with one attached hydrogen (secondary N) is 1. The topological polar surface area (TPSA) is 76.5 Å². The molecule has 24 heavy (non-hydrogen) atoms. The Hall–Kier alpha value is -1.98. The lowest BCUT2D eigenvalue weighted by Crippen LogP contribution is -2.44. The number of thioether (sulfide) groups is 1. The zero-order chi connectivity index (χ0) is 17.5. The number of piperazine rings is 1. The summed E-state index contributed by atoms with van der Waals surface area (Å²) in [7, 11) is 0. The summed E-state index contributed by atoms with van der Waals surface area (Å²) in [4.78, 5) is 31.3. The Morgan fingerprint density at radius 3 is 2.67 bits per heavy atom. The summed E-state index contributed by atoms with van der Waals surface area (Å²) in [5, 5.41) is 3.02. The van der Waals surface area contributed by atoms with Gasteiger partial charge in [0.25, 0.3) is 0 Å². The van der Waals surface area contributed by atoms with Crippen molar-refractivity contribution in [2.24, 2.45) is 0 Å². The van der Waals surface area contributed by atoms with E-state index in [1.54, 1.807) is 24.7 Å². The molecule has 0 unspecified atom stereocenters. The first-order valence-electron chi connectivity index (χ1n) is 7.85. The number of aromatic nitrogens is 2. The lowest BCUT2D eigenvalue weighted by atomic mass is 10.3. The molecule has 130 valence electrons. The minimum Gasteiger partial charge on any atom is -0.461 e. The van der Waals surface area contributed by atoms with Gasteiger partial charge in [0.2, 0.25) is 11.1 Å². The number of nitrogens with zero attached hydrogens (tertiary/aromatic N) is 3. The van der Waals surface area contributed by atoms with E-state index >= 15 is 0 Å². The van der Waals surface area contributed by atoms with E-state index in [0.717, 1.165) is 37.9 Å². The van der Waals surface area contributed by atoms with Crippen LogP contribution in [-0.4, -0.2) is 59.7 Å². The van der Waals surface area contributed by atoms with Crippen LogP contribution in [0, 0.1) is 11.8 Å². The molecular weight excluding hydrogens is 328 g/mol. The van der Waals surface area contributed by atoms with E-state index in [4.69, 9.17) is 4.74 Å². The molecule has 1 aromatic heterocycles. The van der Waals surface area contributed by atoms with Gasteiger partial charge in [-0.2, -0.15) is 0 Å². The van der Waals surface area contributed by atoms with Gasteiger partial charge < -0.3 is 15.0 Å². The molecule has 0 aliphatic carbocycles. The molecule has 0 atom stereocenters. The highest BCUT2D eigenvalue weighted by molar-refractivity contribution is 8.13. The number of hydrogen-bond acceptors (Lipinski definition) is 7. The van der Waals surface area contributed by atoms with Gasteiger partial charge in [-0.1, -0.05) is 17.7 Å². The summed E-state index contributed by atoms with van der Waals surface area (Å²) in [5.41, 5.74) is 0.333. The Balaban J connectivity index is 2.56. The molecule has 0 aromatic carbocycles. The first-order chi connectivity index (χ1) is 11.6. The van der Waals surface area contributed by atoms with Crippen LogP contribution in [0.5, 0.6) is 0 Å². The van der Waals surface area contributed by atoms with Crippen LogP contribution in [0.25, 0.3) is 0 Å². The van der Waals surface area contributed by atoms with Crippen molar-refractivity contribution in [1.82, 2.24) is 14.9 Å². The number of hydrogen-bond donors (Lipinski definition) is 1. The molecule has 1 aliphatic rings. The third-order valence-corrected chi connectivity index (χ3v) is 4.17. The minimum absolute atomic E-state index is 0.146. The van der Waals surface area contributed by atoms with Crippen LogP contribution in [0.1, 0.15) is 34.8 Å². The Bertz CT molecular complexity index is 669. The Kier molecular flexibility index (Phi) is 6.70. The molecule has 0 radical (unpaired) electrons. The second-order valence-corrected chi connectivity index (χ2v) is 5.85. The number of ether oxygens (including phenoxy) is 1. The van der Waals surface area contributed by atoms with E-state index in [1.165, 1.54) is 0 Å². The number of imidazole rings is 1. The molecule has 0 amide bonds. The summed E-state index contributed by atoms with van der Waals surface area (Å²) < 4.78 is 6.84. The molecule has 0 bridgehead atoms. The monoisotopic (exact) mass is 350 g/mol.